The SMILES string of the molecule is CC(C)OC12CCCC=C1CCCOO2. The van der Waals surface area contributed by atoms with Gasteiger partial charge in [0, 0.05) is 6.42 Å². The van der Waals surface area contributed by atoms with Crippen LogP contribution in [0.1, 0.15) is 46.0 Å². The predicted molar refractivity (Wildman–Crippen MR) is 57.2 cm³/mol. The van der Waals surface area contributed by atoms with Crippen LogP contribution in [0, 0.1) is 0 Å². The van der Waals surface area contributed by atoms with Gasteiger partial charge in [-0.3, -0.25) is 0 Å². The number of allylic oxidation sites excluding steroid dienone is 1. The van der Waals surface area contributed by atoms with Gasteiger partial charge in [0.1, 0.15) is 0 Å². The molecule has 0 radical (unpaired) electrons. The zero-order valence-corrected chi connectivity index (χ0v) is 9.62. The van der Waals surface area contributed by atoms with Gasteiger partial charge in [-0.1, -0.05) is 6.08 Å². The van der Waals surface area contributed by atoms with E-state index in [0.29, 0.717) is 6.61 Å². The summed E-state index contributed by atoms with van der Waals surface area (Å²) in [6.07, 6.45) is 7.65. The highest BCUT2D eigenvalue weighted by atomic mass is 17.2. The molecule has 1 aliphatic carbocycles. The zero-order chi connectivity index (χ0) is 10.7. The summed E-state index contributed by atoms with van der Waals surface area (Å²) in [6.45, 7) is 4.74. The molecule has 86 valence electrons. The number of hydrogen-bond donors (Lipinski definition) is 0. The molecule has 2 rings (SSSR count). The van der Waals surface area contributed by atoms with E-state index < -0.39 is 5.79 Å². The molecule has 1 atom stereocenters. The molecule has 0 saturated carbocycles. The van der Waals surface area contributed by atoms with Crippen LogP contribution in [-0.4, -0.2) is 18.5 Å². The second-order valence-electron chi connectivity index (χ2n) is 4.55. The van der Waals surface area contributed by atoms with Gasteiger partial charge in [0.2, 0.25) is 5.79 Å². The van der Waals surface area contributed by atoms with Crippen LogP contribution >= 0.6 is 0 Å². The number of rotatable bonds is 2. The Morgan fingerprint density at radius 3 is 3.07 bits per heavy atom. The smallest absolute Gasteiger partial charge is 0.223 e. The Kier molecular flexibility index (Phi) is 3.44. The van der Waals surface area contributed by atoms with Gasteiger partial charge >= 0.3 is 0 Å². The highest BCUT2D eigenvalue weighted by molar-refractivity contribution is 5.17. The van der Waals surface area contributed by atoms with Crippen molar-refractivity contribution in [2.45, 2.75) is 57.8 Å². The van der Waals surface area contributed by atoms with Crippen molar-refractivity contribution in [1.29, 1.82) is 0 Å². The van der Waals surface area contributed by atoms with E-state index in [-0.39, 0.29) is 6.10 Å². The fourth-order valence-electron chi connectivity index (χ4n) is 2.31. The maximum atomic E-state index is 5.95. The van der Waals surface area contributed by atoms with E-state index in [1.807, 2.05) is 13.8 Å². The monoisotopic (exact) mass is 212 g/mol. The normalized spacial score (nSPS) is 32.1. The van der Waals surface area contributed by atoms with E-state index in [1.54, 1.807) is 0 Å². The topological polar surface area (TPSA) is 27.7 Å². The van der Waals surface area contributed by atoms with Crippen molar-refractivity contribution >= 4 is 0 Å². The van der Waals surface area contributed by atoms with Crippen LogP contribution in [0.25, 0.3) is 0 Å². The number of hydrogen-bond acceptors (Lipinski definition) is 3. The lowest BCUT2D eigenvalue weighted by Crippen LogP contribution is -2.41. The quantitative estimate of drug-likeness (QED) is 0.520. The van der Waals surface area contributed by atoms with Gasteiger partial charge in [-0.2, -0.15) is 4.89 Å². The molecule has 0 N–H and O–H groups in total. The number of ether oxygens (including phenoxy) is 1. The average Bonchev–Trinajstić information content (AvgIpc) is 2.38. The molecule has 1 heterocycles. The summed E-state index contributed by atoms with van der Waals surface area (Å²) in [6, 6.07) is 0. The molecular formula is C12H20O3. The van der Waals surface area contributed by atoms with Crippen LogP contribution in [0.15, 0.2) is 11.6 Å². The third-order valence-electron chi connectivity index (χ3n) is 2.88. The molecule has 0 spiro atoms. The standard InChI is InChI=1S/C12H20O3/c1-10(2)14-12-8-4-3-6-11(12)7-5-9-13-15-12/h6,10H,3-5,7-9H2,1-2H3. The Morgan fingerprint density at radius 1 is 1.40 bits per heavy atom. The van der Waals surface area contributed by atoms with Gasteiger partial charge in [0.25, 0.3) is 0 Å². The summed E-state index contributed by atoms with van der Waals surface area (Å²) < 4.78 is 5.95. The molecule has 3 nitrogen and oxygen atoms in total. The fraction of sp³-hybridized carbons (Fsp3) is 0.833. The van der Waals surface area contributed by atoms with Crippen molar-refractivity contribution in [2.24, 2.45) is 0 Å². The average molecular weight is 212 g/mol. The van der Waals surface area contributed by atoms with E-state index >= 15 is 0 Å². The molecule has 3 heteroatoms. The van der Waals surface area contributed by atoms with E-state index in [9.17, 15) is 0 Å². The first-order valence-electron chi connectivity index (χ1n) is 5.91. The van der Waals surface area contributed by atoms with Crippen LogP contribution in [-0.2, 0) is 14.5 Å². The lowest BCUT2D eigenvalue weighted by molar-refractivity contribution is -0.419. The van der Waals surface area contributed by atoms with Crippen LogP contribution in [0.2, 0.25) is 0 Å². The van der Waals surface area contributed by atoms with E-state index in [2.05, 4.69) is 6.08 Å². The lowest BCUT2D eigenvalue weighted by atomic mass is 9.90. The molecule has 0 aromatic carbocycles. The fourth-order valence-corrected chi connectivity index (χ4v) is 2.31. The first-order valence-corrected chi connectivity index (χ1v) is 5.91. The van der Waals surface area contributed by atoms with E-state index in [1.165, 1.54) is 5.57 Å². The van der Waals surface area contributed by atoms with Crippen LogP contribution in [0.5, 0.6) is 0 Å². The van der Waals surface area contributed by atoms with Gasteiger partial charge in [-0.25, -0.2) is 4.89 Å². The zero-order valence-electron chi connectivity index (χ0n) is 9.62. The van der Waals surface area contributed by atoms with Crippen molar-refractivity contribution in [3.05, 3.63) is 11.6 Å². The molecule has 15 heavy (non-hydrogen) atoms. The van der Waals surface area contributed by atoms with Gasteiger partial charge in [-0.15, -0.1) is 0 Å². The van der Waals surface area contributed by atoms with Crippen LogP contribution in [0.3, 0.4) is 0 Å². The van der Waals surface area contributed by atoms with E-state index in [4.69, 9.17) is 14.5 Å². The Bertz CT molecular complexity index is 247. The second kappa shape index (κ2) is 4.64. The summed E-state index contributed by atoms with van der Waals surface area (Å²) in [4.78, 5) is 10.7. The summed E-state index contributed by atoms with van der Waals surface area (Å²) in [5.74, 6) is -0.580. The molecule has 1 saturated heterocycles. The molecular weight excluding hydrogens is 192 g/mol. The largest absolute Gasteiger partial charge is 0.341 e. The Hall–Kier alpha value is -0.380. The molecule has 1 aliphatic heterocycles. The van der Waals surface area contributed by atoms with Crippen molar-refractivity contribution < 1.29 is 14.5 Å². The van der Waals surface area contributed by atoms with Gasteiger partial charge < -0.3 is 4.74 Å². The first-order chi connectivity index (χ1) is 7.23. The molecule has 0 bridgehead atoms. The minimum atomic E-state index is -0.580. The lowest BCUT2D eigenvalue weighted by Gasteiger charge is -2.36. The minimum absolute atomic E-state index is 0.160. The Morgan fingerprint density at radius 2 is 2.27 bits per heavy atom. The van der Waals surface area contributed by atoms with E-state index in [0.717, 1.165) is 32.1 Å². The van der Waals surface area contributed by atoms with Gasteiger partial charge in [0.05, 0.1) is 12.7 Å². The molecule has 0 aromatic heterocycles. The van der Waals surface area contributed by atoms with Crippen LogP contribution < -0.4 is 0 Å². The number of fused-ring (bicyclic) bond motifs is 1. The summed E-state index contributed by atoms with van der Waals surface area (Å²) in [5.41, 5.74) is 1.28. The molecule has 0 aromatic rings. The molecule has 0 amide bonds. The maximum Gasteiger partial charge on any atom is 0.223 e. The first kappa shape index (κ1) is 11.1. The predicted octanol–water partition coefficient (Wildman–Crippen LogP) is 2.96. The third kappa shape index (κ3) is 2.41. The molecule has 2 aliphatic rings. The van der Waals surface area contributed by atoms with Crippen molar-refractivity contribution in [3.8, 4) is 0 Å². The maximum absolute atomic E-state index is 5.95. The van der Waals surface area contributed by atoms with Crippen molar-refractivity contribution in [1.82, 2.24) is 0 Å². The van der Waals surface area contributed by atoms with Crippen molar-refractivity contribution in [3.63, 3.8) is 0 Å². The third-order valence-corrected chi connectivity index (χ3v) is 2.88. The highest BCUT2D eigenvalue weighted by Gasteiger charge is 2.41. The van der Waals surface area contributed by atoms with Crippen molar-refractivity contribution in [2.75, 3.05) is 6.61 Å². The summed E-state index contributed by atoms with van der Waals surface area (Å²) in [5, 5.41) is 0. The molecule has 1 unspecified atom stereocenters. The van der Waals surface area contributed by atoms with Gasteiger partial charge in [0.15, 0.2) is 0 Å². The summed E-state index contributed by atoms with van der Waals surface area (Å²) in [7, 11) is 0. The Labute approximate surface area is 91.3 Å². The second-order valence-corrected chi connectivity index (χ2v) is 4.55. The minimum Gasteiger partial charge on any atom is -0.341 e. The van der Waals surface area contributed by atoms with Gasteiger partial charge in [-0.05, 0) is 45.1 Å². The summed E-state index contributed by atoms with van der Waals surface area (Å²) >= 11 is 0. The molecule has 1 fully saturated rings. The highest BCUT2D eigenvalue weighted by Crippen LogP contribution is 2.39. The Balaban J connectivity index is 2.20. The van der Waals surface area contributed by atoms with Crippen LogP contribution in [0.4, 0.5) is 0 Å².